The molecule has 0 bridgehead atoms. The number of aliphatic imine (C=N–C) groups is 1. The number of nitrogens with zero attached hydrogens (tertiary/aromatic N) is 4. The predicted octanol–water partition coefficient (Wildman–Crippen LogP) is 1.55. The zero-order valence-electron chi connectivity index (χ0n) is 16.9. The van der Waals surface area contributed by atoms with E-state index in [-0.39, 0.29) is 6.04 Å². The molecule has 3 rings (SSSR count). The van der Waals surface area contributed by atoms with Gasteiger partial charge in [-0.2, -0.15) is 5.10 Å². The Morgan fingerprint density at radius 1 is 1.29 bits per heavy atom. The van der Waals surface area contributed by atoms with E-state index >= 15 is 0 Å². The summed E-state index contributed by atoms with van der Waals surface area (Å²) in [5, 5.41) is 11.4. The summed E-state index contributed by atoms with van der Waals surface area (Å²) in [6, 6.07) is 8.52. The van der Waals surface area contributed by atoms with Crippen LogP contribution < -0.4 is 15.4 Å². The van der Waals surface area contributed by atoms with Crippen molar-refractivity contribution in [3.63, 3.8) is 0 Å². The van der Waals surface area contributed by atoms with E-state index in [4.69, 9.17) is 9.47 Å². The standard InChI is InChI=1S/C20H30N6O2/c1-21-20(22-12-4-5-15-6-9-17(28-3)10-7-15)23-16-8-11-19-24-18(14-27-2)25-26(19)13-16/h6-7,9-10,16H,4-5,8,11-14H2,1-3H3,(H2,21,22,23). The lowest BCUT2D eigenvalue weighted by molar-refractivity contribution is 0.177. The summed E-state index contributed by atoms with van der Waals surface area (Å²) in [4.78, 5) is 8.87. The molecule has 0 aliphatic carbocycles. The van der Waals surface area contributed by atoms with Crippen molar-refractivity contribution in [2.24, 2.45) is 4.99 Å². The van der Waals surface area contributed by atoms with Gasteiger partial charge in [0, 0.05) is 33.2 Å². The van der Waals surface area contributed by atoms with Crippen LogP contribution in [0.1, 0.15) is 30.1 Å². The zero-order valence-corrected chi connectivity index (χ0v) is 16.9. The van der Waals surface area contributed by atoms with E-state index in [1.807, 2.05) is 16.8 Å². The second kappa shape index (κ2) is 10.1. The molecule has 8 heteroatoms. The summed E-state index contributed by atoms with van der Waals surface area (Å²) < 4.78 is 12.3. The van der Waals surface area contributed by atoms with Crippen LogP contribution >= 0.6 is 0 Å². The summed E-state index contributed by atoms with van der Waals surface area (Å²) >= 11 is 0. The van der Waals surface area contributed by atoms with E-state index in [1.165, 1.54) is 5.56 Å². The lowest BCUT2D eigenvalue weighted by Crippen LogP contribution is -2.47. The largest absolute Gasteiger partial charge is 0.497 e. The van der Waals surface area contributed by atoms with Crippen molar-refractivity contribution in [3.8, 4) is 5.75 Å². The highest BCUT2D eigenvalue weighted by Crippen LogP contribution is 2.14. The van der Waals surface area contributed by atoms with E-state index in [0.717, 1.165) is 62.1 Å². The maximum absolute atomic E-state index is 5.20. The van der Waals surface area contributed by atoms with E-state index < -0.39 is 0 Å². The second-order valence-electron chi connectivity index (χ2n) is 6.89. The number of benzene rings is 1. The smallest absolute Gasteiger partial charge is 0.191 e. The monoisotopic (exact) mass is 386 g/mol. The number of hydrogen-bond donors (Lipinski definition) is 2. The first kappa shape index (κ1) is 20.1. The second-order valence-corrected chi connectivity index (χ2v) is 6.89. The van der Waals surface area contributed by atoms with Gasteiger partial charge in [-0.3, -0.25) is 4.99 Å². The molecule has 2 heterocycles. The average Bonchev–Trinajstić information content (AvgIpc) is 3.12. The van der Waals surface area contributed by atoms with Crippen molar-refractivity contribution in [2.45, 2.75) is 44.9 Å². The molecule has 2 aromatic rings. The summed E-state index contributed by atoms with van der Waals surface area (Å²) in [7, 11) is 5.15. The third-order valence-electron chi connectivity index (χ3n) is 4.83. The zero-order chi connectivity index (χ0) is 19.8. The number of nitrogens with one attached hydrogen (secondary N) is 2. The molecule has 1 aromatic carbocycles. The molecule has 0 radical (unpaired) electrons. The molecule has 1 aromatic heterocycles. The summed E-state index contributed by atoms with van der Waals surface area (Å²) in [6.45, 7) is 2.11. The summed E-state index contributed by atoms with van der Waals surface area (Å²) in [6.07, 6.45) is 3.97. The van der Waals surface area contributed by atoms with Crippen molar-refractivity contribution >= 4 is 5.96 Å². The van der Waals surface area contributed by atoms with Crippen molar-refractivity contribution in [3.05, 3.63) is 41.5 Å². The lowest BCUT2D eigenvalue weighted by atomic mass is 10.1. The Balaban J connectivity index is 1.41. The fraction of sp³-hybridized carbons (Fsp3) is 0.550. The highest BCUT2D eigenvalue weighted by atomic mass is 16.5. The predicted molar refractivity (Wildman–Crippen MR) is 109 cm³/mol. The molecule has 0 saturated carbocycles. The van der Waals surface area contributed by atoms with Crippen LogP contribution in [0.3, 0.4) is 0 Å². The Kier molecular flexibility index (Phi) is 7.25. The molecule has 1 aliphatic rings. The van der Waals surface area contributed by atoms with Gasteiger partial charge in [-0.05, 0) is 37.0 Å². The van der Waals surface area contributed by atoms with Crippen LogP contribution in [0.2, 0.25) is 0 Å². The molecule has 0 spiro atoms. The van der Waals surface area contributed by atoms with E-state index in [9.17, 15) is 0 Å². The fourth-order valence-corrected chi connectivity index (χ4v) is 3.35. The van der Waals surface area contributed by atoms with Crippen molar-refractivity contribution in [2.75, 3.05) is 27.8 Å². The number of aryl methyl sites for hydroxylation is 2. The number of fused-ring (bicyclic) bond motifs is 1. The highest BCUT2D eigenvalue weighted by Gasteiger charge is 2.22. The van der Waals surface area contributed by atoms with Crippen molar-refractivity contribution in [1.29, 1.82) is 0 Å². The molecule has 0 saturated heterocycles. The minimum absolute atomic E-state index is 0.289. The van der Waals surface area contributed by atoms with Crippen LogP contribution in [0.15, 0.2) is 29.3 Å². The minimum Gasteiger partial charge on any atom is -0.497 e. The third kappa shape index (κ3) is 5.45. The topological polar surface area (TPSA) is 85.6 Å². The molecule has 152 valence electrons. The Morgan fingerprint density at radius 3 is 2.82 bits per heavy atom. The Morgan fingerprint density at radius 2 is 2.11 bits per heavy atom. The molecule has 2 N–H and O–H groups in total. The van der Waals surface area contributed by atoms with E-state index in [2.05, 4.69) is 37.8 Å². The SMILES string of the molecule is CN=C(NCCCc1ccc(OC)cc1)NC1CCc2nc(COC)nn2C1. The minimum atomic E-state index is 0.289. The fourth-order valence-electron chi connectivity index (χ4n) is 3.35. The number of aromatic nitrogens is 3. The van der Waals surface area contributed by atoms with Crippen LogP contribution in [-0.2, 0) is 30.7 Å². The maximum Gasteiger partial charge on any atom is 0.191 e. The van der Waals surface area contributed by atoms with Gasteiger partial charge in [0.2, 0.25) is 0 Å². The number of rotatable bonds is 8. The quantitative estimate of drug-likeness (QED) is 0.407. The highest BCUT2D eigenvalue weighted by molar-refractivity contribution is 5.79. The molecule has 28 heavy (non-hydrogen) atoms. The van der Waals surface area contributed by atoms with E-state index in [1.54, 1.807) is 21.3 Å². The summed E-state index contributed by atoms with van der Waals surface area (Å²) in [5.74, 6) is 3.51. The average molecular weight is 387 g/mol. The van der Waals surface area contributed by atoms with Crippen molar-refractivity contribution in [1.82, 2.24) is 25.4 Å². The molecular weight excluding hydrogens is 356 g/mol. The number of guanidine groups is 1. The van der Waals surface area contributed by atoms with E-state index in [0.29, 0.717) is 6.61 Å². The van der Waals surface area contributed by atoms with Gasteiger partial charge in [-0.15, -0.1) is 0 Å². The molecule has 1 atom stereocenters. The van der Waals surface area contributed by atoms with Gasteiger partial charge in [0.1, 0.15) is 18.2 Å². The van der Waals surface area contributed by atoms with Gasteiger partial charge in [0.15, 0.2) is 11.8 Å². The summed E-state index contributed by atoms with van der Waals surface area (Å²) in [5.41, 5.74) is 1.31. The third-order valence-corrected chi connectivity index (χ3v) is 4.83. The van der Waals surface area contributed by atoms with Gasteiger partial charge in [0.05, 0.1) is 13.7 Å². The first-order valence-corrected chi connectivity index (χ1v) is 9.73. The lowest BCUT2D eigenvalue weighted by Gasteiger charge is -2.25. The van der Waals surface area contributed by atoms with Crippen LogP contribution in [0.5, 0.6) is 5.75 Å². The molecular formula is C20H30N6O2. The number of methoxy groups -OCH3 is 2. The first-order chi connectivity index (χ1) is 13.7. The van der Waals surface area contributed by atoms with Gasteiger partial charge in [-0.1, -0.05) is 12.1 Å². The molecule has 8 nitrogen and oxygen atoms in total. The van der Waals surface area contributed by atoms with Crippen LogP contribution in [0.4, 0.5) is 0 Å². The van der Waals surface area contributed by atoms with Crippen LogP contribution in [0, 0.1) is 0 Å². The van der Waals surface area contributed by atoms with Crippen LogP contribution in [-0.4, -0.2) is 54.6 Å². The number of hydrogen-bond acceptors (Lipinski definition) is 5. The Hall–Kier alpha value is -2.61. The Bertz CT molecular complexity index is 772. The van der Waals surface area contributed by atoms with Crippen molar-refractivity contribution < 1.29 is 9.47 Å². The molecule has 0 amide bonds. The number of ether oxygens (including phenoxy) is 2. The van der Waals surface area contributed by atoms with Crippen LogP contribution in [0.25, 0.3) is 0 Å². The normalized spacial score (nSPS) is 16.5. The molecule has 1 unspecified atom stereocenters. The maximum atomic E-state index is 5.20. The molecule has 0 fully saturated rings. The first-order valence-electron chi connectivity index (χ1n) is 9.73. The van der Waals surface area contributed by atoms with Gasteiger partial charge in [-0.25, -0.2) is 9.67 Å². The Labute approximate surface area is 166 Å². The van der Waals surface area contributed by atoms with Gasteiger partial charge >= 0.3 is 0 Å². The molecule has 1 aliphatic heterocycles. The van der Waals surface area contributed by atoms with Gasteiger partial charge in [0.25, 0.3) is 0 Å². The van der Waals surface area contributed by atoms with Gasteiger partial charge < -0.3 is 20.1 Å².